The van der Waals surface area contributed by atoms with Crippen molar-refractivity contribution in [1.82, 2.24) is 4.90 Å². The first kappa shape index (κ1) is 18.1. The van der Waals surface area contributed by atoms with E-state index in [1.807, 2.05) is 20.8 Å². The third kappa shape index (κ3) is 4.81. The molecule has 0 radical (unpaired) electrons. The molecule has 1 aliphatic heterocycles. The van der Waals surface area contributed by atoms with Gasteiger partial charge in [-0.15, -0.1) is 0 Å². The molecule has 0 aromatic rings. The summed E-state index contributed by atoms with van der Waals surface area (Å²) in [5.41, 5.74) is 0.306. The molecule has 1 heterocycles. The van der Waals surface area contributed by atoms with E-state index in [1.165, 1.54) is 25.7 Å². The van der Waals surface area contributed by atoms with Crippen molar-refractivity contribution in [1.29, 1.82) is 0 Å². The Balaban J connectivity index is 2.91. The topological polar surface area (TPSA) is 30.9 Å². The Kier molecular flexibility index (Phi) is 8.96. The zero-order valence-corrected chi connectivity index (χ0v) is 14.8. The number of hydrogen-bond acceptors (Lipinski definition) is 4. The van der Waals surface area contributed by atoms with Crippen LogP contribution in [0.4, 0.5) is 0 Å². The molecular weight excluding hydrogens is 270 g/mol. The predicted octanol–water partition coefficient (Wildman–Crippen LogP) is 3.23. The summed E-state index contributed by atoms with van der Waals surface area (Å²) in [4.78, 5) is 2.57. The Bertz CT molecular complexity index is 228. The first-order valence-corrected chi connectivity index (χ1v) is 10.2. The number of nitrogens with zero attached hydrogens (tertiary/aromatic N) is 1. The van der Waals surface area contributed by atoms with Gasteiger partial charge in [-0.1, -0.05) is 19.8 Å². The summed E-state index contributed by atoms with van der Waals surface area (Å²) >= 11 is 0. The number of hydrogen-bond donors (Lipinski definition) is 0. The highest BCUT2D eigenvalue weighted by Crippen LogP contribution is 2.25. The smallest absolute Gasteiger partial charge is 0.373 e. The molecule has 5 heteroatoms. The summed E-state index contributed by atoms with van der Waals surface area (Å²) in [6.45, 7) is 12.6. The van der Waals surface area contributed by atoms with Crippen molar-refractivity contribution in [2.75, 3.05) is 32.9 Å². The van der Waals surface area contributed by atoms with Crippen molar-refractivity contribution in [2.24, 2.45) is 0 Å². The SMILES string of the molecule is CCO[Si](OCC)(OCC)C(CC)N1CCCCCC1. The van der Waals surface area contributed by atoms with Crippen molar-refractivity contribution in [3.8, 4) is 0 Å². The maximum Gasteiger partial charge on any atom is 0.519 e. The molecule has 0 saturated carbocycles. The lowest BCUT2D eigenvalue weighted by Gasteiger charge is -2.40. The van der Waals surface area contributed by atoms with Gasteiger partial charge in [0.05, 0.1) is 5.67 Å². The lowest BCUT2D eigenvalue weighted by Crippen LogP contribution is -2.63. The monoisotopic (exact) mass is 303 g/mol. The van der Waals surface area contributed by atoms with E-state index in [-0.39, 0.29) is 0 Å². The van der Waals surface area contributed by atoms with E-state index < -0.39 is 8.80 Å². The summed E-state index contributed by atoms with van der Waals surface area (Å²) in [5.74, 6) is 0. The van der Waals surface area contributed by atoms with Crippen LogP contribution >= 0.6 is 0 Å². The van der Waals surface area contributed by atoms with E-state index in [0.29, 0.717) is 25.5 Å². The molecule has 0 aromatic carbocycles. The molecule has 0 bridgehead atoms. The summed E-state index contributed by atoms with van der Waals surface area (Å²) in [5, 5.41) is 0. The highest BCUT2D eigenvalue weighted by Gasteiger charge is 2.50. The van der Waals surface area contributed by atoms with Crippen LogP contribution in [0.15, 0.2) is 0 Å². The standard InChI is InChI=1S/C15H33NO3Si/c1-5-15(16-13-11-9-10-12-14-16)20(17-6-2,18-7-3)19-8-4/h15H,5-14H2,1-4H3. The molecule has 0 spiro atoms. The first-order valence-electron chi connectivity index (χ1n) is 8.39. The largest absolute Gasteiger partial charge is 0.519 e. The van der Waals surface area contributed by atoms with E-state index in [0.717, 1.165) is 19.5 Å². The van der Waals surface area contributed by atoms with Crippen molar-refractivity contribution in [3.63, 3.8) is 0 Å². The Labute approximate surface area is 126 Å². The highest BCUT2D eigenvalue weighted by molar-refractivity contribution is 6.62. The van der Waals surface area contributed by atoms with Crippen LogP contribution in [0, 0.1) is 0 Å². The zero-order valence-electron chi connectivity index (χ0n) is 13.8. The predicted molar refractivity (Wildman–Crippen MR) is 84.8 cm³/mol. The van der Waals surface area contributed by atoms with Crippen LogP contribution in [0.2, 0.25) is 0 Å². The molecule has 0 aromatic heterocycles. The van der Waals surface area contributed by atoms with E-state index >= 15 is 0 Å². The molecule has 120 valence electrons. The van der Waals surface area contributed by atoms with Crippen molar-refractivity contribution >= 4 is 8.80 Å². The van der Waals surface area contributed by atoms with E-state index in [1.54, 1.807) is 0 Å². The fraction of sp³-hybridized carbons (Fsp3) is 1.00. The third-order valence-corrected chi connectivity index (χ3v) is 7.58. The fourth-order valence-corrected chi connectivity index (χ4v) is 6.40. The Morgan fingerprint density at radius 3 is 1.60 bits per heavy atom. The minimum Gasteiger partial charge on any atom is -0.373 e. The molecule has 1 unspecified atom stereocenters. The van der Waals surface area contributed by atoms with E-state index in [9.17, 15) is 0 Å². The first-order chi connectivity index (χ1) is 9.74. The van der Waals surface area contributed by atoms with Gasteiger partial charge in [-0.2, -0.15) is 0 Å². The average molecular weight is 304 g/mol. The molecule has 20 heavy (non-hydrogen) atoms. The molecule has 0 N–H and O–H groups in total. The number of likely N-dealkylation sites (tertiary alicyclic amines) is 1. The molecule has 1 atom stereocenters. The maximum atomic E-state index is 6.11. The van der Waals surface area contributed by atoms with Crippen LogP contribution in [-0.2, 0) is 13.3 Å². The minimum atomic E-state index is -2.61. The quantitative estimate of drug-likeness (QED) is 0.612. The summed E-state index contributed by atoms with van der Waals surface area (Å²) in [6, 6.07) is 0. The Morgan fingerprint density at radius 1 is 0.800 bits per heavy atom. The molecule has 1 rings (SSSR count). The zero-order chi connectivity index (χ0) is 14.8. The second-order valence-electron chi connectivity index (χ2n) is 5.28. The van der Waals surface area contributed by atoms with Gasteiger partial charge in [0.1, 0.15) is 0 Å². The van der Waals surface area contributed by atoms with Crippen LogP contribution in [0.5, 0.6) is 0 Å². The van der Waals surface area contributed by atoms with Gasteiger partial charge in [0.2, 0.25) is 0 Å². The molecule has 0 amide bonds. The highest BCUT2D eigenvalue weighted by atomic mass is 28.4. The van der Waals surface area contributed by atoms with Crippen LogP contribution in [-0.4, -0.2) is 52.3 Å². The molecule has 1 aliphatic rings. The Morgan fingerprint density at radius 2 is 1.25 bits per heavy atom. The van der Waals surface area contributed by atoms with Gasteiger partial charge in [0.25, 0.3) is 0 Å². The van der Waals surface area contributed by atoms with Gasteiger partial charge < -0.3 is 13.3 Å². The minimum absolute atomic E-state index is 0.306. The van der Waals surface area contributed by atoms with E-state index in [2.05, 4.69) is 11.8 Å². The van der Waals surface area contributed by atoms with Crippen LogP contribution in [0.25, 0.3) is 0 Å². The lowest BCUT2D eigenvalue weighted by molar-refractivity contribution is 0.0342. The Hall–Kier alpha value is 0.0569. The van der Waals surface area contributed by atoms with E-state index in [4.69, 9.17) is 13.3 Å². The molecule has 1 fully saturated rings. The summed E-state index contributed by atoms with van der Waals surface area (Å²) in [7, 11) is -2.61. The molecular formula is C15H33NO3Si. The summed E-state index contributed by atoms with van der Waals surface area (Å²) < 4.78 is 18.3. The number of rotatable bonds is 9. The van der Waals surface area contributed by atoms with Crippen molar-refractivity contribution < 1.29 is 13.3 Å². The van der Waals surface area contributed by atoms with Gasteiger partial charge in [0.15, 0.2) is 0 Å². The lowest BCUT2D eigenvalue weighted by atomic mass is 10.2. The van der Waals surface area contributed by atoms with Crippen LogP contribution in [0.3, 0.4) is 0 Å². The third-order valence-electron chi connectivity index (χ3n) is 3.91. The second kappa shape index (κ2) is 9.90. The van der Waals surface area contributed by atoms with Crippen LogP contribution < -0.4 is 0 Å². The summed E-state index contributed by atoms with van der Waals surface area (Å²) in [6.07, 6.45) is 6.29. The van der Waals surface area contributed by atoms with Crippen molar-refractivity contribution in [2.45, 2.75) is 65.5 Å². The molecule has 1 saturated heterocycles. The van der Waals surface area contributed by atoms with Crippen molar-refractivity contribution in [3.05, 3.63) is 0 Å². The molecule has 4 nitrogen and oxygen atoms in total. The molecule has 0 aliphatic carbocycles. The fourth-order valence-electron chi connectivity index (χ4n) is 3.16. The van der Waals surface area contributed by atoms with Gasteiger partial charge in [-0.25, -0.2) is 0 Å². The second-order valence-corrected chi connectivity index (χ2v) is 8.02. The normalized spacial score (nSPS) is 19.8. The van der Waals surface area contributed by atoms with Gasteiger partial charge in [0, 0.05) is 19.8 Å². The van der Waals surface area contributed by atoms with Gasteiger partial charge >= 0.3 is 8.80 Å². The van der Waals surface area contributed by atoms with Crippen LogP contribution in [0.1, 0.15) is 59.8 Å². The van der Waals surface area contributed by atoms with Gasteiger partial charge in [-0.05, 0) is 53.1 Å². The van der Waals surface area contributed by atoms with Gasteiger partial charge in [-0.3, -0.25) is 4.90 Å². The average Bonchev–Trinajstić information content (AvgIpc) is 2.69. The maximum absolute atomic E-state index is 6.11.